The van der Waals surface area contributed by atoms with Crippen molar-refractivity contribution in [1.29, 1.82) is 0 Å². The molecule has 0 amide bonds. The van der Waals surface area contributed by atoms with Crippen LogP contribution >= 0.6 is 0 Å². The Bertz CT molecular complexity index is 663. The first kappa shape index (κ1) is 24.3. The zero-order chi connectivity index (χ0) is 22.4. The van der Waals surface area contributed by atoms with Gasteiger partial charge in [-0.15, -0.1) is 13.2 Å². The van der Waals surface area contributed by atoms with E-state index in [1.807, 2.05) is 0 Å². The zero-order valence-corrected chi connectivity index (χ0v) is 18.5. The van der Waals surface area contributed by atoms with Crippen molar-refractivity contribution in [2.75, 3.05) is 0 Å². The van der Waals surface area contributed by atoms with Crippen molar-refractivity contribution < 1.29 is 26.7 Å². The fourth-order valence-corrected chi connectivity index (χ4v) is 5.77. The van der Waals surface area contributed by atoms with E-state index < -0.39 is 23.7 Å². The number of rotatable bonds is 8. The molecule has 0 spiro atoms. The Balaban J connectivity index is 1.44. The molecule has 0 radical (unpaired) electrons. The fraction of sp³-hybridized carbons (Fsp3) is 0.760. The van der Waals surface area contributed by atoms with Crippen LogP contribution in [0.25, 0.3) is 0 Å². The molecule has 0 atom stereocenters. The fourth-order valence-electron chi connectivity index (χ4n) is 5.77. The van der Waals surface area contributed by atoms with Crippen LogP contribution in [0.4, 0.5) is 22.0 Å². The highest BCUT2D eigenvalue weighted by Gasteiger charge is 2.35. The van der Waals surface area contributed by atoms with Gasteiger partial charge in [0.25, 0.3) is 0 Å². The van der Waals surface area contributed by atoms with Crippen molar-refractivity contribution in [3.05, 3.63) is 29.3 Å². The Kier molecular flexibility index (Phi) is 8.63. The minimum Gasteiger partial charge on any atom is -0.399 e. The molecule has 2 fully saturated rings. The summed E-state index contributed by atoms with van der Waals surface area (Å²) in [6.45, 7) is 2.25. The minimum absolute atomic E-state index is 0.329. The third kappa shape index (κ3) is 7.35. The lowest BCUT2D eigenvalue weighted by Gasteiger charge is -2.38. The smallest absolute Gasteiger partial charge is 0.399 e. The van der Waals surface area contributed by atoms with Crippen molar-refractivity contribution in [3.8, 4) is 5.75 Å². The van der Waals surface area contributed by atoms with Gasteiger partial charge in [-0.25, -0.2) is 8.78 Å². The summed E-state index contributed by atoms with van der Waals surface area (Å²) in [4.78, 5) is 0. The van der Waals surface area contributed by atoms with E-state index in [2.05, 4.69) is 11.7 Å². The molecular formula is C25H35F5O. The van der Waals surface area contributed by atoms with Crippen molar-refractivity contribution in [3.63, 3.8) is 0 Å². The first-order chi connectivity index (χ1) is 14.7. The number of ether oxygens (including phenoxy) is 1. The van der Waals surface area contributed by atoms with Crippen LogP contribution in [0.2, 0.25) is 0 Å². The molecule has 0 aromatic heterocycles. The number of hydrogen-bond acceptors (Lipinski definition) is 1. The highest BCUT2D eigenvalue weighted by atomic mass is 19.4. The molecule has 2 saturated carbocycles. The number of unbranched alkanes of at least 4 members (excludes halogenated alkanes) is 2. The predicted octanol–water partition coefficient (Wildman–Crippen LogP) is 8.60. The molecule has 2 aliphatic rings. The molecule has 176 valence electrons. The molecule has 0 bridgehead atoms. The maximum absolute atomic E-state index is 14.0. The van der Waals surface area contributed by atoms with E-state index in [-0.39, 0.29) is 0 Å². The maximum atomic E-state index is 14.0. The van der Waals surface area contributed by atoms with E-state index in [1.165, 1.54) is 51.4 Å². The van der Waals surface area contributed by atoms with Gasteiger partial charge >= 0.3 is 6.36 Å². The highest BCUT2D eigenvalue weighted by molar-refractivity contribution is 5.31. The summed E-state index contributed by atoms with van der Waals surface area (Å²) in [5, 5.41) is 0. The lowest BCUT2D eigenvalue weighted by Crippen LogP contribution is -2.26. The SMILES string of the molecule is CCCCCC1CCC(C2CCC(Cc3cc(F)c(OC(F)(F)F)c(F)c3)CC2)CC1. The van der Waals surface area contributed by atoms with E-state index in [0.717, 1.165) is 55.6 Å². The lowest BCUT2D eigenvalue weighted by molar-refractivity contribution is -0.276. The van der Waals surface area contributed by atoms with Crippen LogP contribution < -0.4 is 4.74 Å². The van der Waals surface area contributed by atoms with Gasteiger partial charge in [-0.2, -0.15) is 0 Å². The first-order valence-electron chi connectivity index (χ1n) is 12.0. The van der Waals surface area contributed by atoms with Crippen LogP contribution in [-0.4, -0.2) is 6.36 Å². The Morgan fingerprint density at radius 2 is 1.32 bits per heavy atom. The van der Waals surface area contributed by atoms with Crippen LogP contribution in [0.15, 0.2) is 12.1 Å². The van der Waals surface area contributed by atoms with Gasteiger partial charge in [-0.3, -0.25) is 0 Å². The average Bonchev–Trinajstić information content (AvgIpc) is 2.72. The van der Waals surface area contributed by atoms with Crippen LogP contribution in [0.3, 0.4) is 0 Å². The first-order valence-corrected chi connectivity index (χ1v) is 12.0. The Labute approximate surface area is 182 Å². The second-order valence-electron chi connectivity index (χ2n) is 9.70. The van der Waals surface area contributed by atoms with Gasteiger partial charge in [0, 0.05) is 0 Å². The molecule has 0 heterocycles. The van der Waals surface area contributed by atoms with Crippen molar-refractivity contribution in [2.24, 2.45) is 23.7 Å². The van der Waals surface area contributed by atoms with Gasteiger partial charge in [-0.05, 0) is 86.3 Å². The van der Waals surface area contributed by atoms with Crippen molar-refractivity contribution in [2.45, 2.75) is 96.8 Å². The minimum atomic E-state index is -5.11. The second-order valence-corrected chi connectivity index (χ2v) is 9.70. The third-order valence-corrected chi connectivity index (χ3v) is 7.47. The highest BCUT2D eigenvalue weighted by Crippen LogP contribution is 2.43. The molecule has 0 saturated heterocycles. The van der Waals surface area contributed by atoms with Gasteiger partial charge in [0.2, 0.25) is 5.75 Å². The van der Waals surface area contributed by atoms with Gasteiger partial charge < -0.3 is 4.74 Å². The molecule has 1 aromatic rings. The standard InChI is InChI=1S/C25H35F5O/c1-2-3-4-5-17-6-10-20(11-7-17)21-12-8-18(9-13-21)14-19-15-22(26)24(23(27)16-19)31-25(28,29)30/h15-18,20-21H,2-14H2,1H3. The average molecular weight is 447 g/mol. The quantitative estimate of drug-likeness (QED) is 0.287. The van der Waals surface area contributed by atoms with Crippen molar-refractivity contribution >= 4 is 0 Å². The number of benzene rings is 1. The molecule has 0 N–H and O–H groups in total. The molecule has 3 rings (SSSR count). The normalized spacial score (nSPS) is 27.3. The van der Waals surface area contributed by atoms with Crippen LogP contribution in [-0.2, 0) is 6.42 Å². The van der Waals surface area contributed by atoms with Gasteiger partial charge in [0.05, 0.1) is 0 Å². The monoisotopic (exact) mass is 446 g/mol. The summed E-state index contributed by atoms with van der Waals surface area (Å²) < 4.78 is 68.3. The van der Waals surface area contributed by atoms with Gasteiger partial charge in [0.15, 0.2) is 11.6 Å². The number of hydrogen-bond donors (Lipinski definition) is 0. The topological polar surface area (TPSA) is 9.23 Å². The summed E-state index contributed by atoms with van der Waals surface area (Å²) in [7, 11) is 0. The molecule has 0 aliphatic heterocycles. The molecular weight excluding hydrogens is 411 g/mol. The van der Waals surface area contributed by atoms with Gasteiger partial charge in [-0.1, -0.05) is 45.4 Å². The molecule has 1 nitrogen and oxygen atoms in total. The van der Waals surface area contributed by atoms with Crippen LogP contribution in [0.1, 0.15) is 89.5 Å². The third-order valence-electron chi connectivity index (χ3n) is 7.47. The largest absolute Gasteiger partial charge is 0.573 e. The zero-order valence-electron chi connectivity index (χ0n) is 18.5. The molecule has 6 heteroatoms. The Hall–Kier alpha value is -1.33. The predicted molar refractivity (Wildman–Crippen MR) is 112 cm³/mol. The Morgan fingerprint density at radius 3 is 1.81 bits per heavy atom. The summed E-state index contributed by atoms with van der Waals surface area (Å²) >= 11 is 0. The second kappa shape index (κ2) is 11.0. The summed E-state index contributed by atoms with van der Waals surface area (Å²) in [6, 6.07) is 1.96. The maximum Gasteiger partial charge on any atom is 0.573 e. The van der Waals surface area contributed by atoms with E-state index in [1.54, 1.807) is 0 Å². The molecule has 31 heavy (non-hydrogen) atoms. The summed E-state index contributed by atoms with van der Waals surface area (Å²) in [5.74, 6) is -1.15. The van der Waals surface area contributed by atoms with Crippen LogP contribution in [0, 0.1) is 35.3 Å². The van der Waals surface area contributed by atoms with E-state index >= 15 is 0 Å². The van der Waals surface area contributed by atoms with Gasteiger partial charge in [0.1, 0.15) is 0 Å². The Morgan fingerprint density at radius 1 is 0.806 bits per heavy atom. The molecule has 1 aromatic carbocycles. The lowest BCUT2D eigenvalue weighted by atomic mass is 9.68. The number of alkyl halides is 3. The summed E-state index contributed by atoms with van der Waals surface area (Å²) in [5.41, 5.74) is 0.403. The van der Waals surface area contributed by atoms with Crippen molar-refractivity contribution in [1.82, 2.24) is 0 Å². The van der Waals surface area contributed by atoms with E-state index in [0.29, 0.717) is 17.9 Å². The molecule has 0 unspecified atom stereocenters. The summed E-state index contributed by atoms with van der Waals surface area (Å²) in [6.07, 6.45) is 10.5. The van der Waals surface area contributed by atoms with E-state index in [4.69, 9.17) is 0 Å². The number of halogens is 5. The van der Waals surface area contributed by atoms with Crippen LogP contribution in [0.5, 0.6) is 5.75 Å². The molecule has 2 aliphatic carbocycles. The van der Waals surface area contributed by atoms with E-state index in [9.17, 15) is 22.0 Å².